The van der Waals surface area contributed by atoms with Crippen LogP contribution >= 0.6 is 0 Å². The lowest BCUT2D eigenvalue weighted by atomic mass is 9.94. The molecule has 1 aliphatic carbocycles. The van der Waals surface area contributed by atoms with E-state index in [2.05, 4.69) is 17.1 Å². The molecule has 17 heavy (non-hydrogen) atoms. The Kier molecular flexibility index (Phi) is 5.79. The lowest BCUT2D eigenvalue weighted by molar-refractivity contribution is 0.173. The van der Waals surface area contributed by atoms with E-state index < -0.39 is 0 Å². The zero-order valence-electron chi connectivity index (χ0n) is 11.6. The van der Waals surface area contributed by atoms with Crippen LogP contribution in [-0.4, -0.2) is 36.6 Å². The summed E-state index contributed by atoms with van der Waals surface area (Å²) in [5, 5.41) is 3.92. The summed E-state index contributed by atoms with van der Waals surface area (Å²) in [6.45, 7) is 6.25. The van der Waals surface area contributed by atoms with Crippen LogP contribution in [0, 0.1) is 0 Å². The van der Waals surface area contributed by atoms with Crippen LogP contribution in [0.4, 0.5) is 0 Å². The predicted octanol–water partition coefficient (Wildman–Crippen LogP) is 3.17. The first-order valence-corrected chi connectivity index (χ1v) is 7.87. The van der Waals surface area contributed by atoms with Crippen LogP contribution < -0.4 is 5.32 Å². The van der Waals surface area contributed by atoms with E-state index in [9.17, 15) is 0 Å². The first-order chi connectivity index (χ1) is 8.38. The van der Waals surface area contributed by atoms with Gasteiger partial charge >= 0.3 is 0 Å². The van der Waals surface area contributed by atoms with E-state index in [4.69, 9.17) is 0 Å². The van der Waals surface area contributed by atoms with Crippen molar-refractivity contribution in [2.24, 2.45) is 0 Å². The molecule has 1 aliphatic heterocycles. The summed E-state index contributed by atoms with van der Waals surface area (Å²) >= 11 is 0. The SMILES string of the molecule is CCCCN1CCCC(NC2CCCCC2)C1. The van der Waals surface area contributed by atoms with Crippen LogP contribution in [0.1, 0.15) is 64.7 Å². The fourth-order valence-corrected chi connectivity index (χ4v) is 3.38. The maximum Gasteiger partial charge on any atom is 0.0198 e. The maximum atomic E-state index is 3.92. The molecule has 1 N–H and O–H groups in total. The molecule has 2 fully saturated rings. The largest absolute Gasteiger partial charge is 0.310 e. The number of unbranched alkanes of at least 4 members (excludes halogenated alkanes) is 1. The van der Waals surface area contributed by atoms with E-state index in [0.29, 0.717) is 0 Å². The summed E-state index contributed by atoms with van der Waals surface area (Å²) in [5.41, 5.74) is 0. The van der Waals surface area contributed by atoms with E-state index in [1.807, 2.05) is 0 Å². The van der Waals surface area contributed by atoms with Gasteiger partial charge in [-0.3, -0.25) is 0 Å². The van der Waals surface area contributed by atoms with Crippen LogP contribution in [0.25, 0.3) is 0 Å². The Hall–Kier alpha value is -0.0800. The zero-order chi connectivity index (χ0) is 11.9. The number of piperidine rings is 1. The molecule has 0 aromatic carbocycles. The average Bonchev–Trinajstić information content (AvgIpc) is 2.38. The lowest BCUT2D eigenvalue weighted by Gasteiger charge is -2.36. The second-order valence-corrected chi connectivity index (χ2v) is 5.99. The number of likely N-dealkylation sites (tertiary alicyclic amines) is 1. The monoisotopic (exact) mass is 238 g/mol. The molecule has 1 atom stereocenters. The third-order valence-corrected chi connectivity index (χ3v) is 4.41. The van der Waals surface area contributed by atoms with Gasteiger partial charge < -0.3 is 10.2 Å². The molecule has 100 valence electrons. The van der Waals surface area contributed by atoms with Gasteiger partial charge in [-0.2, -0.15) is 0 Å². The third-order valence-electron chi connectivity index (χ3n) is 4.41. The van der Waals surface area contributed by atoms with Crippen molar-refractivity contribution in [2.45, 2.75) is 76.8 Å². The lowest BCUT2D eigenvalue weighted by Crippen LogP contribution is -2.49. The normalized spacial score (nSPS) is 28.4. The number of nitrogens with zero attached hydrogens (tertiary/aromatic N) is 1. The van der Waals surface area contributed by atoms with Gasteiger partial charge in [-0.15, -0.1) is 0 Å². The number of hydrogen-bond donors (Lipinski definition) is 1. The molecule has 0 radical (unpaired) electrons. The number of hydrogen-bond acceptors (Lipinski definition) is 2. The van der Waals surface area contributed by atoms with Gasteiger partial charge in [0.05, 0.1) is 0 Å². The molecule has 0 spiro atoms. The second kappa shape index (κ2) is 7.38. The van der Waals surface area contributed by atoms with Gasteiger partial charge in [0.1, 0.15) is 0 Å². The van der Waals surface area contributed by atoms with Crippen molar-refractivity contribution >= 4 is 0 Å². The van der Waals surface area contributed by atoms with Crippen LogP contribution in [0.2, 0.25) is 0 Å². The Morgan fingerprint density at radius 3 is 2.53 bits per heavy atom. The van der Waals surface area contributed by atoms with E-state index in [-0.39, 0.29) is 0 Å². The minimum atomic E-state index is 0.781. The summed E-state index contributed by atoms with van der Waals surface area (Å²) in [6, 6.07) is 1.61. The van der Waals surface area contributed by atoms with Crippen molar-refractivity contribution in [3.05, 3.63) is 0 Å². The van der Waals surface area contributed by atoms with E-state index in [1.54, 1.807) is 0 Å². The van der Waals surface area contributed by atoms with E-state index >= 15 is 0 Å². The van der Waals surface area contributed by atoms with Gasteiger partial charge in [0.25, 0.3) is 0 Å². The van der Waals surface area contributed by atoms with Gasteiger partial charge in [0.2, 0.25) is 0 Å². The fraction of sp³-hybridized carbons (Fsp3) is 1.00. The van der Waals surface area contributed by atoms with Gasteiger partial charge in [-0.25, -0.2) is 0 Å². The molecule has 0 aromatic heterocycles. The highest BCUT2D eigenvalue weighted by Crippen LogP contribution is 2.20. The first-order valence-electron chi connectivity index (χ1n) is 7.87. The average molecular weight is 238 g/mol. The Labute approximate surface area is 107 Å². The zero-order valence-corrected chi connectivity index (χ0v) is 11.6. The quantitative estimate of drug-likeness (QED) is 0.791. The van der Waals surface area contributed by atoms with Crippen LogP contribution in [-0.2, 0) is 0 Å². The Morgan fingerprint density at radius 1 is 1.00 bits per heavy atom. The summed E-state index contributed by atoms with van der Waals surface area (Å²) in [7, 11) is 0. The Bertz CT molecular complexity index is 199. The molecule has 0 amide bonds. The van der Waals surface area contributed by atoms with Crippen molar-refractivity contribution < 1.29 is 0 Å². The van der Waals surface area contributed by atoms with Crippen molar-refractivity contribution in [3.63, 3.8) is 0 Å². The molecule has 2 aliphatic rings. The molecule has 2 nitrogen and oxygen atoms in total. The predicted molar refractivity (Wildman–Crippen MR) is 74.4 cm³/mol. The standard InChI is InChI=1S/C15H30N2/c1-2-3-11-17-12-7-10-15(13-17)16-14-8-5-4-6-9-14/h14-16H,2-13H2,1H3. The van der Waals surface area contributed by atoms with Crippen molar-refractivity contribution in [1.82, 2.24) is 10.2 Å². The molecular formula is C15H30N2. The van der Waals surface area contributed by atoms with Gasteiger partial charge in [-0.05, 0) is 45.2 Å². The molecule has 1 saturated heterocycles. The summed E-state index contributed by atoms with van der Waals surface area (Å²) < 4.78 is 0. The Morgan fingerprint density at radius 2 is 1.76 bits per heavy atom. The molecular weight excluding hydrogens is 208 g/mol. The van der Waals surface area contributed by atoms with E-state index in [0.717, 1.165) is 12.1 Å². The van der Waals surface area contributed by atoms with Crippen molar-refractivity contribution in [3.8, 4) is 0 Å². The maximum absolute atomic E-state index is 3.92. The molecule has 2 rings (SSSR count). The minimum Gasteiger partial charge on any atom is -0.310 e. The minimum absolute atomic E-state index is 0.781. The van der Waals surface area contributed by atoms with Crippen molar-refractivity contribution in [2.75, 3.05) is 19.6 Å². The summed E-state index contributed by atoms with van der Waals surface area (Å²) in [5.74, 6) is 0. The van der Waals surface area contributed by atoms with Crippen LogP contribution in [0.3, 0.4) is 0 Å². The number of rotatable bonds is 5. The topological polar surface area (TPSA) is 15.3 Å². The van der Waals surface area contributed by atoms with Gasteiger partial charge in [-0.1, -0.05) is 32.6 Å². The molecule has 1 unspecified atom stereocenters. The van der Waals surface area contributed by atoms with Crippen LogP contribution in [0.5, 0.6) is 0 Å². The number of nitrogens with one attached hydrogen (secondary N) is 1. The van der Waals surface area contributed by atoms with Gasteiger partial charge in [0, 0.05) is 18.6 Å². The first kappa shape index (κ1) is 13.4. The molecule has 2 heteroatoms. The highest BCUT2D eigenvalue weighted by atomic mass is 15.2. The highest BCUT2D eigenvalue weighted by Gasteiger charge is 2.22. The molecule has 0 aromatic rings. The van der Waals surface area contributed by atoms with Crippen molar-refractivity contribution in [1.29, 1.82) is 0 Å². The van der Waals surface area contributed by atoms with E-state index in [1.165, 1.54) is 77.4 Å². The Balaban J connectivity index is 1.68. The second-order valence-electron chi connectivity index (χ2n) is 5.99. The third kappa shape index (κ3) is 4.59. The molecule has 1 saturated carbocycles. The molecule has 1 heterocycles. The van der Waals surface area contributed by atoms with Gasteiger partial charge in [0.15, 0.2) is 0 Å². The highest BCUT2D eigenvalue weighted by molar-refractivity contribution is 4.82. The molecule has 0 bridgehead atoms. The summed E-state index contributed by atoms with van der Waals surface area (Å²) in [6.07, 6.45) is 12.7. The summed E-state index contributed by atoms with van der Waals surface area (Å²) in [4.78, 5) is 2.67. The fourth-order valence-electron chi connectivity index (χ4n) is 3.38. The smallest absolute Gasteiger partial charge is 0.0198 e. The van der Waals surface area contributed by atoms with Crippen LogP contribution in [0.15, 0.2) is 0 Å².